The van der Waals surface area contributed by atoms with Crippen LogP contribution in [0.25, 0.3) is 0 Å². The lowest BCUT2D eigenvalue weighted by atomic mass is 10.2. The zero-order valence-electron chi connectivity index (χ0n) is 13.3. The van der Waals surface area contributed by atoms with Gasteiger partial charge in [-0.05, 0) is 13.0 Å². The van der Waals surface area contributed by atoms with Crippen LogP contribution in [-0.2, 0) is 11.3 Å². The van der Waals surface area contributed by atoms with Crippen molar-refractivity contribution in [2.45, 2.75) is 40.2 Å². The summed E-state index contributed by atoms with van der Waals surface area (Å²) < 4.78 is 11.2. The first kappa shape index (κ1) is 16.9. The largest absolute Gasteiger partial charge is 0.488 e. The molecule has 0 atom stereocenters. The fraction of sp³-hybridized carbons (Fsp3) is 0.733. The lowest BCUT2D eigenvalue weighted by Crippen LogP contribution is -2.15. The van der Waals surface area contributed by atoms with Gasteiger partial charge in [-0.25, -0.2) is 9.97 Å². The maximum Gasteiger partial charge on any atom is 0.160 e. The lowest BCUT2D eigenvalue weighted by Gasteiger charge is -2.13. The molecule has 1 heterocycles. The van der Waals surface area contributed by atoms with Crippen molar-refractivity contribution < 1.29 is 9.47 Å². The van der Waals surface area contributed by atoms with Crippen molar-refractivity contribution in [2.75, 3.05) is 26.9 Å². The molecule has 0 saturated carbocycles. The van der Waals surface area contributed by atoms with Crippen molar-refractivity contribution >= 4 is 0 Å². The van der Waals surface area contributed by atoms with Gasteiger partial charge in [0.25, 0.3) is 0 Å². The molecule has 0 amide bonds. The molecule has 0 saturated heterocycles. The second kappa shape index (κ2) is 8.87. The van der Waals surface area contributed by atoms with Gasteiger partial charge < -0.3 is 14.8 Å². The third kappa shape index (κ3) is 5.84. The van der Waals surface area contributed by atoms with Gasteiger partial charge in [-0.1, -0.05) is 27.7 Å². The van der Waals surface area contributed by atoms with Crippen LogP contribution in [0.15, 0.2) is 6.20 Å². The molecule has 0 aliphatic heterocycles. The molecular formula is C15H27N3O2. The van der Waals surface area contributed by atoms with E-state index in [0.717, 1.165) is 23.9 Å². The van der Waals surface area contributed by atoms with Gasteiger partial charge >= 0.3 is 0 Å². The van der Waals surface area contributed by atoms with E-state index in [1.54, 1.807) is 6.20 Å². The van der Waals surface area contributed by atoms with Crippen LogP contribution in [0, 0.1) is 5.92 Å². The summed E-state index contributed by atoms with van der Waals surface area (Å²) in [4.78, 5) is 8.89. The Balaban J connectivity index is 2.55. The molecule has 1 rings (SSSR count). The van der Waals surface area contributed by atoms with E-state index >= 15 is 0 Å². The molecule has 0 bridgehead atoms. The molecule has 114 valence electrons. The topological polar surface area (TPSA) is 56.3 Å². The molecule has 0 aliphatic rings. The quantitative estimate of drug-likeness (QED) is 0.704. The summed E-state index contributed by atoms with van der Waals surface area (Å²) in [5.74, 6) is 2.44. The average molecular weight is 281 g/mol. The van der Waals surface area contributed by atoms with E-state index in [1.807, 2.05) is 7.05 Å². The summed E-state index contributed by atoms with van der Waals surface area (Å²) in [6.45, 7) is 11.0. The van der Waals surface area contributed by atoms with E-state index in [4.69, 9.17) is 9.47 Å². The van der Waals surface area contributed by atoms with Gasteiger partial charge in [0.1, 0.15) is 12.4 Å². The van der Waals surface area contributed by atoms with Crippen molar-refractivity contribution in [3.63, 3.8) is 0 Å². The van der Waals surface area contributed by atoms with Gasteiger partial charge in [0.2, 0.25) is 0 Å². The predicted molar refractivity (Wildman–Crippen MR) is 80.0 cm³/mol. The van der Waals surface area contributed by atoms with Crippen molar-refractivity contribution in [1.29, 1.82) is 0 Å². The second-order valence-corrected chi connectivity index (χ2v) is 5.54. The van der Waals surface area contributed by atoms with E-state index < -0.39 is 0 Å². The Morgan fingerprint density at radius 2 is 1.95 bits per heavy atom. The van der Waals surface area contributed by atoms with E-state index in [1.165, 1.54) is 0 Å². The Hall–Kier alpha value is -1.20. The van der Waals surface area contributed by atoms with Crippen molar-refractivity contribution in [3.05, 3.63) is 17.7 Å². The van der Waals surface area contributed by atoms with Crippen LogP contribution in [0.4, 0.5) is 0 Å². The van der Waals surface area contributed by atoms with Gasteiger partial charge in [-0.3, -0.25) is 0 Å². The Morgan fingerprint density at radius 1 is 1.20 bits per heavy atom. The minimum Gasteiger partial charge on any atom is -0.488 e. The molecule has 0 unspecified atom stereocenters. The summed E-state index contributed by atoms with van der Waals surface area (Å²) in [5.41, 5.74) is 0.898. The molecule has 1 aromatic heterocycles. The van der Waals surface area contributed by atoms with E-state index in [0.29, 0.717) is 31.6 Å². The number of nitrogens with zero attached hydrogens (tertiary/aromatic N) is 2. The van der Waals surface area contributed by atoms with Crippen LogP contribution in [0.5, 0.6) is 5.75 Å². The van der Waals surface area contributed by atoms with Crippen LogP contribution >= 0.6 is 0 Å². The fourth-order valence-corrected chi connectivity index (χ4v) is 1.64. The van der Waals surface area contributed by atoms with Gasteiger partial charge in [0.05, 0.1) is 18.5 Å². The fourth-order valence-electron chi connectivity index (χ4n) is 1.64. The van der Waals surface area contributed by atoms with Crippen LogP contribution in [-0.4, -0.2) is 36.8 Å². The van der Waals surface area contributed by atoms with Crippen LogP contribution in [0.2, 0.25) is 0 Å². The molecule has 0 aromatic carbocycles. The molecule has 0 fully saturated rings. The summed E-state index contributed by atoms with van der Waals surface area (Å²) in [5, 5.41) is 3.11. The van der Waals surface area contributed by atoms with Crippen molar-refractivity contribution in [3.8, 4) is 5.75 Å². The zero-order valence-corrected chi connectivity index (χ0v) is 13.3. The van der Waals surface area contributed by atoms with Gasteiger partial charge in [-0.2, -0.15) is 0 Å². The standard InChI is InChI=1S/C15H27N3O2/c1-11(2)10-19-6-7-20-14-9-17-15(12(3)4)18-13(14)8-16-5/h9,11-12,16H,6-8,10H2,1-5H3. The van der Waals surface area contributed by atoms with Crippen LogP contribution < -0.4 is 10.1 Å². The minimum absolute atomic E-state index is 0.314. The Kier molecular flexibility index (Phi) is 7.47. The Bertz CT molecular complexity index is 395. The van der Waals surface area contributed by atoms with Crippen molar-refractivity contribution in [2.24, 2.45) is 5.92 Å². The third-order valence-corrected chi connectivity index (χ3v) is 2.65. The number of hydrogen-bond donors (Lipinski definition) is 1. The van der Waals surface area contributed by atoms with E-state index in [-0.39, 0.29) is 0 Å². The van der Waals surface area contributed by atoms with Gasteiger partial charge in [-0.15, -0.1) is 0 Å². The first-order valence-electron chi connectivity index (χ1n) is 7.25. The Morgan fingerprint density at radius 3 is 2.55 bits per heavy atom. The van der Waals surface area contributed by atoms with Crippen LogP contribution in [0.3, 0.4) is 0 Å². The molecule has 1 aromatic rings. The molecule has 5 nitrogen and oxygen atoms in total. The number of nitrogens with one attached hydrogen (secondary N) is 1. The monoisotopic (exact) mass is 281 g/mol. The number of hydrogen-bond acceptors (Lipinski definition) is 5. The van der Waals surface area contributed by atoms with Crippen molar-refractivity contribution in [1.82, 2.24) is 15.3 Å². The summed E-state index contributed by atoms with van der Waals surface area (Å²) >= 11 is 0. The summed E-state index contributed by atoms with van der Waals surface area (Å²) in [7, 11) is 1.90. The van der Waals surface area contributed by atoms with E-state index in [2.05, 4.69) is 43.0 Å². The summed E-state index contributed by atoms with van der Waals surface area (Å²) in [6, 6.07) is 0. The summed E-state index contributed by atoms with van der Waals surface area (Å²) in [6.07, 6.45) is 1.76. The smallest absolute Gasteiger partial charge is 0.160 e. The lowest BCUT2D eigenvalue weighted by molar-refractivity contribution is 0.0813. The first-order valence-corrected chi connectivity index (χ1v) is 7.25. The maximum atomic E-state index is 5.72. The minimum atomic E-state index is 0.314. The van der Waals surface area contributed by atoms with Gasteiger partial charge in [0, 0.05) is 19.1 Å². The molecule has 0 aliphatic carbocycles. The SMILES string of the molecule is CNCc1nc(C(C)C)ncc1OCCOCC(C)C. The molecular weight excluding hydrogens is 254 g/mol. The van der Waals surface area contributed by atoms with E-state index in [9.17, 15) is 0 Å². The highest BCUT2D eigenvalue weighted by atomic mass is 16.5. The highest BCUT2D eigenvalue weighted by molar-refractivity contribution is 5.25. The normalized spacial score (nSPS) is 11.3. The number of aromatic nitrogens is 2. The molecule has 0 radical (unpaired) electrons. The molecule has 5 heteroatoms. The average Bonchev–Trinajstić information content (AvgIpc) is 2.39. The zero-order chi connectivity index (χ0) is 15.0. The molecule has 1 N–H and O–H groups in total. The third-order valence-electron chi connectivity index (χ3n) is 2.65. The van der Waals surface area contributed by atoms with Crippen LogP contribution in [0.1, 0.15) is 45.1 Å². The first-order chi connectivity index (χ1) is 9.54. The molecule has 0 spiro atoms. The van der Waals surface area contributed by atoms with Gasteiger partial charge in [0.15, 0.2) is 5.75 Å². The highest BCUT2D eigenvalue weighted by Gasteiger charge is 2.10. The molecule has 20 heavy (non-hydrogen) atoms. The maximum absolute atomic E-state index is 5.72. The highest BCUT2D eigenvalue weighted by Crippen LogP contribution is 2.18. The number of ether oxygens (including phenoxy) is 2. The Labute approximate surface area is 122 Å². The predicted octanol–water partition coefficient (Wildman–Crippen LogP) is 2.37. The second-order valence-electron chi connectivity index (χ2n) is 5.54. The number of rotatable bonds is 9.